The van der Waals surface area contributed by atoms with Crippen molar-refractivity contribution in [3.05, 3.63) is 65.6 Å². The molecule has 2 aromatic heterocycles. The van der Waals surface area contributed by atoms with Gasteiger partial charge in [0.15, 0.2) is 5.95 Å². The van der Waals surface area contributed by atoms with Crippen LogP contribution in [-0.4, -0.2) is 287 Å². The molecule has 0 unspecified atom stereocenters. The molecule has 2 aromatic carbocycles. The Hall–Kier alpha value is -7.13. The van der Waals surface area contributed by atoms with E-state index in [-0.39, 0.29) is 95.0 Å². The number of carbonyl (C=O) groups is 7. The molecule has 1 aliphatic heterocycles. The van der Waals surface area contributed by atoms with Crippen molar-refractivity contribution in [2.75, 3.05) is 162 Å². The van der Waals surface area contributed by atoms with Crippen molar-refractivity contribution < 1.29 is 89.9 Å². The van der Waals surface area contributed by atoms with Crippen LogP contribution in [0, 0.1) is 13.8 Å². The molecule has 1 aliphatic rings. The molecule has 1 fully saturated rings. The van der Waals surface area contributed by atoms with Crippen LogP contribution in [0.25, 0.3) is 10.9 Å². The first kappa shape index (κ1) is 76.6. The third-order valence-electron chi connectivity index (χ3n) is 14.6. The van der Waals surface area contributed by atoms with Gasteiger partial charge in [0, 0.05) is 128 Å². The van der Waals surface area contributed by atoms with Crippen molar-refractivity contribution in [3.63, 3.8) is 0 Å². The van der Waals surface area contributed by atoms with Crippen LogP contribution in [0.5, 0.6) is 5.75 Å². The van der Waals surface area contributed by atoms with E-state index >= 15 is 0 Å². The van der Waals surface area contributed by atoms with E-state index in [2.05, 4.69) is 51.3 Å². The molecule has 2 atom stereocenters. The summed E-state index contributed by atoms with van der Waals surface area (Å²) in [6, 6.07) is 4.78. The molecule has 5 rings (SSSR count). The molecule has 0 spiro atoms. The number of carboxylic acids is 3. The van der Waals surface area contributed by atoms with E-state index in [9.17, 15) is 71.0 Å². The lowest BCUT2D eigenvalue weighted by molar-refractivity contribution is -0.140. The van der Waals surface area contributed by atoms with Gasteiger partial charge in [0.2, 0.25) is 27.7 Å². The lowest BCUT2D eigenvalue weighted by Crippen LogP contribution is -2.53. The zero-order chi connectivity index (χ0) is 67.8. The quantitative estimate of drug-likeness (QED) is 0.0267. The third-order valence-corrected chi connectivity index (χ3v) is 17.2. The molecule has 0 saturated carbocycles. The smallest absolute Gasteiger partial charge is 0.323 e. The van der Waals surface area contributed by atoms with E-state index in [0.717, 1.165) is 11.9 Å². The van der Waals surface area contributed by atoms with E-state index in [1.54, 1.807) is 65.3 Å². The Labute approximate surface area is 542 Å². The van der Waals surface area contributed by atoms with Gasteiger partial charge in [-0.05, 0) is 87.5 Å². The second kappa shape index (κ2) is 40.2. The number of amides is 4. The van der Waals surface area contributed by atoms with Crippen molar-refractivity contribution in [2.24, 2.45) is 0 Å². The topological polar surface area (TPSA) is 444 Å². The summed E-state index contributed by atoms with van der Waals surface area (Å²) in [4.78, 5) is 102. The first-order valence-corrected chi connectivity index (χ1v) is 33.9. The van der Waals surface area contributed by atoms with Gasteiger partial charge < -0.3 is 84.4 Å². The number of carbonyl (C=O) groups excluding carboxylic acids is 4. The number of ether oxygens (including phenoxy) is 4. The van der Waals surface area contributed by atoms with Gasteiger partial charge in [0.05, 0.1) is 85.9 Å². The van der Waals surface area contributed by atoms with Gasteiger partial charge in [-0.25, -0.2) is 13.4 Å². The summed E-state index contributed by atoms with van der Waals surface area (Å²) in [6.07, 6.45) is 7.19. The van der Waals surface area contributed by atoms with Crippen molar-refractivity contribution in [1.29, 1.82) is 0 Å². The number of sulfonamides is 1. The van der Waals surface area contributed by atoms with Gasteiger partial charge in [-0.15, -0.1) is 0 Å². The lowest BCUT2D eigenvalue weighted by Gasteiger charge is -2.33. The number of anilines is 1. The number of aromatic amines is 1. The van der Waals surface area contributed by atoms with Crippen molar-refractivity contribution in [3.8, 4) is 5.75 Å². The number of imidazole rings is 1. The van der Waals surface area contributed by atoms with Crippen LogP contribution >= 0.6 is 10.9 Å². The molecule has 3 heterocycles. The summed E-state index contributed by atoms with van der Waals surface area (Å²) in [5, 5.41) is 47.6. The van der Waals surface area contributed by atoms with Crippen LogP contribution in [0.4, 0.5) is 5.95 Å². The number of hydrogen-bond donors (Lipinski definition) is 13. The van der Waals surface area contributed by atoms with Gasteiger partial charge in [-0.3, -0.25) is 52.9 Å². The average Bonchev–Trinajstić information content (AvgIpc) is 1.23. The van der Waals surface area contributed by atoms with Gasteiger partial charge >= 0.3 is 17.9 Å². The van der Waals surface area contributed by atoms with Crippen LogP contribution in [0.1, 0.15) is 60.5 Å². The molecule has 4 aromatic rings. The molecule has 93 heavy (non-hydrogen) atoms. The Morgan fingerprint density at radius 3 is 1.81 bits per heavy atom. The lowest BCUT2D eigenvalue weighted by atomic mass is 10.1. The fraction of sp³-hybridized carbons (Fsp3) is 0.603. The molecule has 0 bridgehead atoms. The number of nitrogens with zero attached hydrogens (tertiary/aromatic N) is 7. The summed E-state index contributed by atoms with van der Waals surface area (Å²) in [5.41, 5.74) is 1.63. The molecule has 13 N–H and O–H groups in total. The van der Waals surface area contributed by atoms with Crippen LogP contribution in [0.2, 0.25) is 0 Å². The molecule has 0 radical (unpaired) electrons. The number of nitrogens with one attached hydrogen (secondary N) is 7. The first-order chi connectivity index (χ1) is 44.4. The largest absolute Gasteiger partial charge is 0.494 e. The molecule has 520 valence electrons. The highest BCUT2D eigenvalue weighted by Gasteiger charge is 2.31. The summed E-state index contributed by atoms with van der Waals surface area (Å²) in [7, 11) is -8.60. The minimum absolute atomic E-state index is 0.103. The third kappa shape index (κ3) is 29.4. The number of aliphatic carboxylic acids is 3. The summed E-state index contributed by atoms with van der Waals surface area (Å²) < 4.78 is 83.2. The maximum Gasteiger partial charge on any atom is 0.323 e. The Morgan fingerprint density at radius 1 is 0.667 bits per heavy atom. The van der Waals surface area contributed by atoms with Crippen LogP contribution in [-0.2, 0) is 59.5 Å². The zero-order valence-corrected chi connectivity index (χ0v) is 54.6. The Bertz CT molecular complexity index is 3100. The first-order valence-electron chi connectivity index (χ1n) is 30.7. The van der Waals surface area contributed by atoms with Crippen molar-refractivity contribution in [1.82, 2.24) is 65.3 Å². The highest BCUT2D eigenvalue weighted by Crippen LogP contribution is 2.33. The predicted molar refractivity (Wildman–Crippen MR) is 343 cm³/mol. The van der Waals surface area contributed by atoms with E-state index in [1.165, 1.54) is 12.1 Å². The Morgan fingerprint density at radius 2 is 1.25 bits per heavy atom. The van der Waals surface area contributed by atoms with Gasteiger partial charge in [-0.1, -0.05) is 6.92 Å². The monoisotopic (exact) mass is 1350 g/mol. The summed E-state index contributed by atoms with van der Waals surface area (Å²) in [5.74, 6) is -5.54. The number of aromatic nitrogens is 4. The SMILES string of the molecule is CCN1CCN(CC(=O)O)CCN(CC(=O)O)CCN(CC(=O)N[C@H](CS(O)(O)O)C(=O)NCCCOCCOCCOCCCNC(=O)CCCOc2cc(C)c(S(=O)(=O)N[C@@H](CNC(=O)c3ccc4c(cnn4CCCNc4ncc[nH]4)c3)C(=O)O)c(C)c2)CC1. The van der Waals surface area contributed by atoms with Crippen molar-refractivity contribution in [2.45, 2.75) is 76.4 Å². The number of fused-ring (bicyclic) bond motifs is 1. The number of benzene rings is 2. The minimum atomic E-state index is -4.40. The Balaban J connectivity index is 0.891. The predicted octanol–water partition coefficient (Wildman–Crippen LogP) is 0.380. The second-order valence-electron chi connectivity index (χ2n) is 22.1. The van der Waals surface area contributed by atoms with Crippen molar-refractivity contribution >= 4 is 79.3 Å². The second-order valence-corrected chi connectivity index (χ2v) is 25.3. The fourth-order valence-corrected chi connectivity index (χ4v) is 12.2. The van der Waals surface area contributed by atoms with Crippen LogP contribution in [0.3, 0.4) is 0 Å². The van der Waals surface area contributed by atoms with Gasteiger partial charge in [0.1, 0.15) is 17.8 Å². The average molecular weight is 1350 g/mol. The molecule has 35 heteroatoms. The molecule has 0 aliphatic carbocycles. The highest BCUT2D eigenvalue weighted by molar-refractivity contribution is 8.19. The minimum Gasteiger partial charge on any atom is -0.494 e. The van der Waals surface area contributed by atoms with Crippen LogP contribution < -0.4 is 36.0 Å². The number of rotatable bonds is 42. The standard InChI is InChI=1S/C58H92N14O19S2/c1-4-68-18-20-69(22-23-71(40-53(77)78)25-24-70(21-19-68)39-52(75)76)38-51(74)66-48(41-92(83,84)85)56(80)60-14-8-27-89-30-32-90-31-29-88-26-7-13-59-50(73)9-5-28-91-46-33-42(2)54(43(3)34-46)93(86,87)67-47(57(81)82)37-64-55(79)44-10-11-49-45(35-44)36-65-72(49)17-6-12-61-58-62-15-16-63-58/h10-11,15-16,33-36,47-48,67,83-85H,4-9,12-14,17-32,37-41H2,1-3H3,(H,59,73)(H,60,80)(H,64,79)(H,66,74)(H,75,76)(H,77,78)(H,81,82)(H2,61,62,63)/t47-,48+/m0/s1. The van der Waals surface area contributed by atoms with Gasteiger partial charge in [-0.2, -0.15) is 9.82 Å². The molecular formula is C58H92N14O19S2. The molecule has 4 amide bonds. The van der Waals surface area contributed by atoms with E-state index < -0.39 is 80.9 Å². The number of likely N-dealkylation sites (N-methyl/N-ethyl adjacent to an activating group) is 1. The highest BCUT2D eigenvalue weighted by atomic mass is 32.3. The van der Waals surface area contributed by atoms with E-state index in [4.69, 9.17) is 18.9 Å². The van der Waals surface area contributed by atoms with Crippen LogP contribution in [0.15, 0.2) is 53.8 Å². The van der Waals surface area contributed by atoms with E-state index in [1.807, 2.05) is 11.6 Å². The molecule has 1 saturated heterocycles. The van der Waals surface area contributed by atoms with Gasteiger partial charge in [0.25, 0.3) is 5.91 Å². The number of aryl methyl sites for hydroxylation is 3. The number of H-pyrrole nitrogens is 1. The summed E-state index contributed by atoms with van der Waals surface area (Å²) in [6.45, 7) is 11.0. The number of carboxylic acid groups (broad SMARTS) is 3. The Kier molecular flexibility index (Phi) is 33.1. The maximum atomic E-state index is 13.6. The molecule has 33 nitrogen and oxygen atoms in total. The fourth-order valence-electron chi connectivity index (χ4n) is 9.91. The maximum absolute atomic E-state index is 13.6. The molecular weight excluding hydrogens is 1260 g/mol. The zero-order valence-electron chi connectivity index (χ0n) is 52.9. The normalized spacial score (nSPS) is 15.1. The van der Waals surface area contributed by atoms with E-state index in [0.29, 0.717) is 126 Å². The summed E-state index contributed by atoms with van der Waals surface area (Å²) >= 11 is 0. The number of hydrogen-bond acceptors (Lipinski definition) is 23.